The van der Waals surface area contributed by atoms with Gasteiger partial charge in [-0.3, -0.25) is 0 Å². The Morgan fingerprint density at radius 1 is 1.26 bits per heavy atom. The van der Waals surface area contributed by atoms with Gasteiger partial charge in [-0.05, 0) is 5.56 Å². The number of ether oxygens (including phenoxy) is 2. The minimum atomic E-state index is -0.246. The third-order valence-corrected chi connectivity index (χ3v) is 3.44. The average molecular weight is 262 g/mol. The fraction of sp³-hybridized carbons (Fsp3) is 0.500. The number of amides is 1. The molecular formula is C14H18N2O3. The van der Waals surface area contributed by atoms with Gasteiger partial charge in [-0.2, -0.15) is 0 Å². The summed E-state index contributed by atoms with van der Waals surface area (Å²) >= 11 is 0. The summed E-state index contributed by atoms with van der Waals surface area (Å²) < 4.78 is 11.1. The summed E-state index contributed by atoms with van der Waals surface area (Å²) in [6.07, 6.45) is -0.0578. The normalized spacial score (nSPS) is 26.0. The summed E-state index contributed by atoms with van der Waals surface area (Å²) in [4.78, 5) is 13.8. The first-order valence-corrected chi connectivity index (χ1v) is 6.63. The van der Waals surface area contributed by atoms with Gasteiger partial charge in [-0.25, -0.2) is 4.79 Å². The highest BCUT2D eigenvalue weighted by atomic mass is 16.6. The molecule has 0 aliphatic carbocycles. The average Bonchev–Trinajstić information content (AvgIpc) is 2.45. The van der Waals surface area contributed by atoms with Gasteiger partial charge in [0, 0.05) is 13.1 Å². The van der Waals surface area contributed by atoms with Crippen LogP contribution in [0.2, 0.25) is 0 Å². The lowest BCUT2D eigenvalue weighted by Crippen LogP contribution is -2.59. The molecule has 0 aromatic heterocycles. The van der Waals surface area contributed by atoms with Crippen molar-refractivity contribution in [2.45, 2.75) is 18.8 Å². The van der Waals surface area contributed by atoms with Crippen LogP contribution in [-0.4, -0.2) is 49.4 Å². The molecule has 2 fully saturated rings. The van der Waals surface area contributed by atoms with Crippen LogP contribution in [0.4, 0.5) is 4.79 Å². The molecule has 102 valence electrons. The Hall–Kier alpha value is -1.59. The van der Waals surface area contributed by atoms with E-state index in [1.807, 2.05) is 30.3 Å². The maximum atomic E-state index is 12.0. The van der Waals surface area contributed by atoms with E-state index in [4.69, 9.17) is 9.47 Å². The second-order valence-corrected chi connectivity index (χ2v) is 4.98. The smallest absolute Gasteiger partial charge is 0.410 e. The third-order valence-electron chi connectivity index (χ3n) is 3.44. The quantitative estimate of drug-likeness (QED) is 0.863. The van der Waals surface area contributed by atoms with Crippen molar-refractivity contribution in [3.05, 3.63) is 35.9 Å². The molecule has 0 spiro atoms. The van der Waals surface area contributed by atoms with E-state index in [9.17, 15) is 4.79 Å². The number of nitrogens with one attached hydrogen (secondary N) is 1. The highest BCUT2D eigenvalue weighted by Gasteiger charge is 2.33. The molecule has 2 saturated heterocycles. The topological polar surface area (TPSA) is 50.8 Å². The Balaban J connectivity index is 1.53. The van der Waals surface area contributed by atoms with Crippen LogP contribution in [-0.2, 0) is 16.1 Å². The number of rotatable bonds is 2. The number of nitrogens with zero attached hydrogens (tertiary/aromatic N) is 1. The summed E-state index contributed by atoms with van der Waals surface area (Å²) in [5, 5.41) is 3.30. The Bertz CT molecular complexity index is 426. The van der Waals surface area contributed by atoms with Crippen molar-refractivity contribution in [2.24, 2.45) is 0 Å². The molecule has 1 N–H and O–H groups in total. The van der Waals surface area contributed by atoms with E-state index in [1.54, 1.807) is 4.90 Å². The van der Waals surface area contributed by atoms with E-state index in [0.29, 0.717) is 19.7 Å². The van der Waals surface area contributed by atoms with Crippen LogP contribution >= 0.6 is 0 Å². The van der Waals surface area contributed by atoms with Crippen molar-refractivity contribution in [1.29, 1.82) is 0 Å². The molecule has 0 saturated carbocycles. The van der Waals surface area contributed by atoms with Crippen LogP contribution in [0.25, 0.3) is 0 Å². The van der Waals surface area contributed by atoms with Crippen molar-refractivity contribution in [2.75, 3.05) is 26.2 Å². The maximum Gasteiger partial charge on any atom is 0.410 e. The van der Waals surface area contributed by atoms with Gasteiger partial charge in [0.2, 0.25) is 0 Å². The zero-order chi connectivity index (χ0) is 13.1. The lowest BCUT2D eigenvalue weighted by molar-refractivity contribution is -0.0977. The summed E-state index contributed by atoms with van der Waals surface area (Å²) in [7, 11) is 0. The van der Waals surface area contributed by atoms with E-state index in [0.717, 1.165) is 18.7 Å². The molecule has 2 aliphatic rings. The minimum absolute atomic E-state index is 0.0942. The fourth-order valence-corrected chi connectivity index (χ4v) is 2.51. The van der Waals surface area contributed by atoms with Gasteiger partial charge in [0.15, 0.2) is 0 Å². The highest BCUT2D eigenvalue weighted by molar-refractivity contribution is 5.67. The lowest BCUT2D eigenvalue weighted by atomic mass is 10.1. The van der Waals surface area contributed by atoms with E-state index >= 15 is 0 Å². The van der Waals surface area contributed by atoms with Gasteiger partial charge in [-0.1, -0.05) is 30.3 Å². The molecule has 3 rings (SSSR count). The molecule has 1 aromatic rings. The number of carbonyl (C=O) groups is 1. The van der Waals surface area contributed by atoms with Crippen LogP contribution in [0.1, 0.15) is 5.56 Å². The Morgan fingerprint density at radius 2 is 1.95 bits per heavy atom. The highest BCUT2D eigenvalue weighted by Crippen LogP contribution is 2.15. The van der Waals surface area contributed by atoms with E-state index in [1.165, 1.54) is 0 Å². The van der Waals surface area contributed by atoms with E-state index in [2.05, 4.69) is 5.32 Å². The monoisotopic (exact) mass is 262 g/mol. The lowest BCUT2D eigenvalue weighted by Gasteiger charge is -2.41. The van der Waals surface area contributed by atoms with Crippen LogP contribution in [0.3, 0.4) is 0 Å². The number of hydrogen-bond donors (Lipinski definition) is 1. The number of benzene rings is 1. The van der Waals surface area contributed by atoms with Crippen molar-refractivity contribution in [3.8, 4) is 0 Å². The SMILES string of the molecule is O=C(OCc1ccccc1)N1CC2CNCC(C1)O2. The standard InChI is InChI=1S/C14H18N2O3/c17-14(18-10-11-4-2-1-3-5-11)16-8-12-6-15-7-13(9-16)19-12/h1-5,12-13,15H,6-10H2. The first kappa shape index (κ1) is 12.4. The number of fused-ring (bicyclic) bond motifs is 2. The van der Waals surface area contributed by atoms with Gasteiger partial charge >= 0.3 is 6.09 Å². The maximum absolute atomic E-state index is 12.0. The van der Waals surface area contributed by atoms with E-state index in [-0.39, 0.29) is 18.3 Å². The van der Waals surface area contributed by atoms with Gasteiger partial charge in [-0.15, -0.1) is 0 Å². The Kier molecular flexibility index (Phi) is 3.66. The number of morpholine rings is 2. The largest absolute Gasteiger partial charge is 0.445 e. The number of hydrogen-bond acceptors (Lipinski definition) is 4. The molecular weight excluding hydrogens is 244 g/mol. The van der Waals surface area contributed by atoms with Crippen molar-refractivity contribution in [1.82, 2.24) is 10.2 Å². The molecule has 2 atom stereocenters. The molecule has 2 bridgehead atoms. The van der Waals surface area contributed by atoms with Gasteiger partial charge in [0.25, 0.3) is 0 Å². The van der Waals surface area contributed by atoms with Gasteiger partial charge < -0.3 is 19.7 Å². The molecule has 5 heteroatoms. The fourth-order valence-electron chi connectivity index (χ4n) is 2.51. The van der Waals surface area contributed by atoms with Crippen LogP contribution in [0, 0.1) is 0 Å². The van der Waals surface area contributed by atoms with Crippen molar-refractivity contribution < 1.29 is 14.3 Å². The van der Waals surface area contributed by atoms with Crippen molar-refractivity contribution >= 4 is 6.09 Å². The molecule has 19 heavy (non-hydrogen) atoms. The zero-order valence-corrected chi connectivity index (χ0v) is 10.7. The summed E-state index contributed by atoms with van der Waals surface area (Å²) in [5.74, 6) is 0. The van der Waals surface area contributed by atoms with E-state index < -0.39 is 0 Å². The van der Waals surface area contributed by atoms with Crippen LogP contribution in [0.5, 0.6) is 0 Å². The first-order chi connectivity index (χ1) is 9.31. The molecule has 2 unspecified atom stereocenters. The molecule has 1 aromatic carbocycles. The second kappa shape index (κ2) is 5.59. The third kappa shape index (κ3) is 3.05. The predicted octanol–water partition coefficient (Wildman–Crippen LogP) is 0.996. The summed E-state index contributed by atoms with van der Waals surface area (Å²) in [6.45, 7) is 3.15. The van der Waals surface area contributed by atoms with Crippen molar-refractivity contribution in [3.63, 3.8) is 0 Å². The first-order valence-electron chi connectivity index (χ1n) is 6.63. The van der Waals surface area contributed by atoms with Crippen LogP contribution < -0.4 is 5.32 Å². The molecule has 1 amide bonds. The zero-order valence-electron chi connectivity index (χ0n) is 10.7. The molecule has 2 heterocycles. The second-order valence-electron chi connectivity index (χ2n) is 4.98. The Labute approximate surface area is 112 Å². The molecule has 5 nitrogen and oxygen atoms in total. The number of carbonyl (C=O) groups excluding carboxylic acids is 1. The molecule has 2 aliphatic heterocycles. The van der Waals surface area contributed by atoms with Gasteiger partial charge in [0.05, 0.1) is 25.3 Å². The van der Waals surface area contributed by atoms with Gasteiger partial charge in [0.1, 0.15) is 6.61 Å². The predicted molar refractivity (Wildman–Crippen MR) is 69.7 cm³/mol. The molecule has 0 radical (unpaired) electrons. The summed E-state index contributed by atoms with van der Waals surface area (Å²) in [5.41, 5.74) is 1.01. The minimum Gasteiger partial charge on any atom is -0.445 e. The van der Waals surface area contributed by atoms with Crippen LogP contribution in [0.15, 0.2) is 30.3 Å². The summed E-state index contributed by atoms with van der Waals surface area (Å²) in [6, 6.07) is 9.72. The Morgan fingerprint density at radius 3 is 2.63 bits per heavy atom.